The summed E-state index contributed by atoms with van der Waals surface area (Å²) in [5.74, 6) is 1.73. The number of carbonyl (C=O) groups excluding carboxylic acids is 1. The molecule has 1 fully saturated rings. The lowest BCUT2D eigenvalue weighted by molar-refractivity contribution is -0.128. The number of hydrogen-bond acceptors (Lipinski definition) is 6. The van der Waals surface area contributed by atoms with Gasteiger partial charge in [0.2, 0.25) is 5.91 Å². The van der Waals surface area contributed by atoms with E-state index in [1.54, 1.807) is 23.1 Å². The number of thiophene rings is 1. The Morgan fingerprint density at radius 3 is 3.00 bits per heavy atom. The van der Waals surface area contributed by atoms with Crippen molar-refractivity contribution in [2.75, 3.05) is 24.6 Å². The molecule has 0 bridgehead atoms. The molecule has 0 radical (unpaired) electrons. The van der Waals surface area contributed by atoms with Gasteiger partial charge in [0.1, 0.15) is 0 Å². The molecular weight excluding hydrogens is 388 g/mol. The van der Waals surface area contributed by atoms with E-state index in [4.69, 9.17) is 0 Å². The summed E-state index contributed by atoms with van der Waals surface area (Å²) in [6.45, 7) is 1.71. The summed E-state index contributed by atoms with van der Waals surface area (Å²) in [6.07, 6.45) is 1.04. The van der Waals surface area contributed by atoms with Gasteiger partial charge in [-0.25, -0.2) is 4.98 Å². The van der Waals surface area contributed by atoms with Crippen LogP contribution in [0.2, 0.25) is 0 Å². The van der Waals surface area contributed by atoms with Crippen molar-refractivity contribution >= 4 is 62.3 Å². The standard InChI is InChI=1S/C18H18N2OS4/c21-17(12-24-18-19-13-4-1-2-5-14(13)25-18)20-8-7-16(23-11-9-20)15-6-3-10-22-15/h1-6,10,16H,7-9,11-12H2. The summed E-state index contributed by atoms with van der Waals surface area (Å²) in [7, 11) is 0. The van der Waals surface area contributed by atoms with E-state index in [0.717, 1.165) is 35.1 Å². The molecule has 1 unspecified atom stereocenters. The van der Waals surface area contributed by atoms with Crippen LogP contribution in [0.4, 0.5) is 0 Å². The van der Waals surface area contributed by atoms with Gasteiger partial charge in [-0.05, 0) is 30.0 Å². The summed E-state index contributed by atoms with van der Waals surface area (Å²) in [5, 5.41) is 2.67. The van der Waals surface area contributed by atoms with Crippen LogP contribution in [0.3, 0.4) is 0 Å². The van der Waals surface area contributed by atoms with Crippen molar-refractivity contribution < 1.29 is 4.79 Å². The van der Waals surface area contributed by atoms with Gasteiger partial charge in [-0.3, -0.25) is 4.79 Å². The van der Waals surface area contributed by atoms with Crippen molar-refractivity contribution in [3.63, 3.8) is 0 Å². The Balaban J connectivity index is 1.33. The van der Waals surface area contributed by atoms with Gasteiger partial charge in [-0.1, -0.05) is 30.0 Å². The maximum atomic E-state index is 12.6. The molecule has 7 heteroatoms. The first kappa shape index (κ1) is 17.4. The highest BCUT2D eigenvalue weighted by molar-refractivity contribution is 8.01. The third-order valence-electron chi connectivity index (χ3n) is 4.15. The molecule has 1 aliphatic heterocycles. The van der Waals surface area contributed by atoms with Crippen molar-refractivity contribution in [2.45, 2.75) is 16.0 Å². The van der Waals surface area contributed by atoms with Crippen LogP contribution in [0.15, 0.2) is 46.1 Å². The fraction of sp³-hybridized carbons (Fsp3) is 0.333. The maximum absolute atomic E-state index is 12.6. The second-order valence-corrected chi connectivity index (χ2v) is 10.3. The number of fused-ring (bicyclic) bond motifs is 1. The average Bonchev–Trinajstić information content (AvgIpc) is 3.24. The predicted octanol–water partition coefficient (Wildman–Crippen LogP) is 5.16. The minimum absolute atomic E-state index is 0.233. The molecule has 3 aromatic rings. The Morgan fingerprint density at radius 1 is 1.24 bits per heavy atom. The Morgan fingerprint density at radius 2 is 2.16 bits per heavy atom. The second kappa shape index (κ2) is 8.12. The normalized spacial score (nSPS) is 18.4. The quantitative estimate of drug-likeness (QED) is 0.561. The molecule has 3 nitrogen and oxygen atoms in total. The Bertz CT molecular complexity index is 813. The van der Waals surface area contributed by atoms with Gasteiger partial charge < -0.3 is 4.90 Å². The average molecular weight is 407 g/mol. The molecule has 4 rings (SSSR count). The van der Waals surface area contributed by atoms with Gasteiger partial charge in [0.25, 0.3) is 0 Å². The lowest BCUT2D eigenvalue weighted by Crippen LogP contribution is -2.34. The highest BCUT2D eigenvalue weighted by Gasteiger charge is 2.22. The molecule has 1 aromatic carbocycles. The van der Waals surface area contributed by atoms with Gasteiger partial charge in [0.05, 0.1) is 16.0 Å². The number of hydrogen-bond donors (Lipinski definition) is 0. The molecule has 1 atom stereocenters. The number of nitrogens with zero attached hydrogens (tertiary/aromatic N) is 2. The number of para-hydroxylation sites is 1. The summed E-state index contributed by atoms with van der Waals surface area (Å²) >= 11 is 7.03. The van der Waals surface area contributed by atoms with Crippen molar-refractivity contribution in [2.24, 2.45) is 0 Å². The SMILES string of the molecule is O=C(CSc1nc2ccccc2s1)N1CCSC(c2cccs2)CC1. The molecule has 0 spiro atoms. The topological polar surface area (TPSA) is 33.2 Å². The number of carbonyl (C=O) groups is 1. The van der Waals surface area contributed by atoms with Gasteiger partial charge in [-0.2, -0.15) is 11.8 Å². The Hall–Kier alpha value is -1.02. The van der Waals surface area contributed by atoms with Gasteiger partial charge >= 0.3 is 0 Å². The maximum Gasteiger partial charge on any atom is 0.233 e. The fourth-order valence-corrected chi connectivity index (χ4v) is 7.06. The molecule has 1 amide bonds. The molecule has 0 aliphatic carbocycles. The molecule has 3 heterocycles. The van der Waals surface area contributed by atoms with Crippen molar-refractivity contribution in [1.29, 1.82) is 0 Å². The van der Waals surface area contributed by atoms with E-state index in [1.807, 2.05) is 46.2 Å². The van der Waals surface area contributed by atoms with Crippen molar-refractivity contribution in [1.82, 2.24) is 9.88 Å². The van der Waals surface area contributed by atoms with Crippen LogP contribution >= 0.6 is 46.2 Å². The fourth-order valence-electron chi connectivity index (χ4n) is 2.85. The molecule has 130 valence electrons. The first-order valence-electron chi connectivity index (χ1n) is 8.21. The zero-order valence-corrected chi connectivity index (χ0v) is 16.9. The summed E-state index contributed by atoms with van der Waals surface area (Å²) < 4.78 is 2.16. The second-order valence-electron chi connectivity index (χ2n) is 5.78. The first-order chi connectivity index (χ1) is 12.3. The lowest BCUT2D eigenvalue weighted by Gasteiger charge is -2.19. The third kappa shape index (κ3) is 4.22. The number of aromatic nitrogens is 1. The number of thioether (sulfide) groups is 2. The van der Waals surface area contributed by atoms with Crippen LogP contribution in [0.5, 0.6) is 0 Å². The summed E-state index contributed by atoms with van der Waals surface area (Å²) in [6, 6.07) is 12.5. The third-order valence-corrected chi connectivity index (χ3v) is 8.76. The Labute approximate surface area is 163 Å². The van der Waals surface area contributed by atoms with Crippen LogP contribution in [0.25, 0.3) is 10.2 Å². The molecule has 2 aromatic heterocycles. The van der Waals surface area contributed by atoms with Crippen LogP contribution in [0, 0.1) is 0 Å². The van der Waals surface area contributed by atoms with E-state index >= 15 is 0 Å². The van der Waals surface area contributed by atoms with Crippen LogP contribution in [0.1, 0.15) is 16.5 Å². The number of thiazole rings is 1. The zero-order chi connectivity index (χ0) is 17.1. The predicted molar refractivity (Wildman–Crippen MR) is 111 cm³/mol. The summed E-state index contributed by atoms with van der Waals surface area (Å²) in [5.41, 5.74) is 1.02. The lowest BCUT2D eigenvalue weighted by atomic mass is 10.2. The number of benzene rings is 1. The first-order valence-corrected chi connectivity index (χ1v) is 11.9. The van der Waals surface area contributed by atoms with Crippen LogP contribution in [-0.4, -0.2) is 40.4 Å². The van der Waals surface area contributed by atoms with Gasteiger partial charge in [-0.15, -0.1) is 22.7 Å². The van der Waals surface area contributed by atoms with E-state index in [-0.39, 0.29) is 5.91 Å². The van der Waals surface area contributed by atoms with Gasteiger partial charge in [0.15, 0.2) is 4.34 Å². The van der Waals surface area contributed by atoms with Gasteiger partial charge in [0, 0.05) is 29.0 Å². The van der Waals surface area contributed by atoms with E-state index in [0.29, 0.717) is 11.0 Å². The highest BCUT2D eigenvalue weighted by atomic mass is 32.2. The molecular formula is C18H18N2OS4. The number of rotatable bonds is 4. The molecule has 0 saturated carbocycles. The largest absolute Gasteiger partial charge is 0.341 e. The monoisotopic (exact) mass is 406 g/mol. The van der Waals surface area contributed by atoms with E-state index < -0.39 is 0 Å². The van der Waals surface area contributed by atoms with E-state index in [2.05, 4.69) is 28.6 Å². The van der Waals surface area contributed by atoms with E-state index in [9.17, 15) is 4.79 Å². The number of amides is 1. The molecule has 25 heavy (non-hydrogen) atoms. The van der Waals surface area contributed by atoms with Crippen molar-refractivity contribution in [3.8, 4) is 0 Å². The minimum Gasteiger partial charge on any atom is -0.341 e. The van der Waals surface area contributed by atoms with Crippen LogP contribution < -0.4 is 0 Å². The smallest absolute Gasteiger partial charge is 0.233 e. The zero-order valence-electron chi connectivity index (χ0n) is 13.6. The Kier molecular flexibility index (Phi) is 5.65. The van der Waals surface area contributed by atoms with Crippen molar-refractivity contribution in [3.05, 3.63) is 46.7 Å². The molecule has 0 N–H and O–H groups in total. The highest BCUT2D eigenvalue weighted by Crippen LogP contribution is 2.37. The molecule has 1 saturated heterocycles. The van der Waals surface area contributed by atoms with Crippen LogP contribution in [-0.2, 0) is 4.79 Å². The van der Waals surface area contributed by atoms with E-state index in [1.165, 1.54) is 9.58 Å². The molecule has 1 aliphatic rings. The minimum atomic E-state index is 0.233. The summed E-state index contributed by atoms with van der Waals surface area (Å²) in [4.78, 5) is 20.7.